The molecule has 0 atom stereocenters. The second-order valence-electron chi connectivity index (χ2n) is 4.20. The lowest BCUT2D eigenvalue weighted by atomic mass is 10.1. The van der Waals surface area contributed by atoms with Gasteiger partial charge in [0.1, 0.15) is 5.75 Å². The van der Waals surface area contributed by atoms with Crippen LogP contribution in [0, 0.1) is 11.8 Å². The van der Waals surface area contributed by atoms with Gasteiger partial charge in [-0.05, 0) is 17.7 Å². The summed E-state index contributed by atoms with van der Waals surface area (Å²) in [6.45, 7) is 0.0298. The predicted molar refractivity (Wildman–Crippen MR) is 81.1 cm³/mol. The number of carbonyl (C=O) groups is 1. The Morgan fingerprint density at radius 2 is 2.10 bits per heavy atom. The van der Waals surface area contributed by atoms with Crippen LogP contribution in [0.2, 0.25) is 0 Å². The molecule has 0 radical (unpaired) electrons. The Labute approximate surface area is 126 Å². The highest BCUT2D eigenvalue weighted by Crippen LogP contribution is 2.17. The molecule has 1 aromatic heterocycles. The van der Waals surface area contributed by atoms with Crippen LogP contribution in [0.4, 0.5) is 5.13 Å². The highest BCUT2D eigenvalue weighted by molar-refractivity contribution is 7.16. The van der Waals surface area contributed by atoms with Gasteiger partial charge in [-0.25, -0.2) is 4.98 Å². The molecule has 21 heavy (non-hydrogen) atoms. The van der Waals surface area contributed by atoms with E-state index in [-0.39, 0.29) is 24.7 Å². The van der Waals surface area contributed by atoms with E-state index in [2.05, 4.69) is 22.1 Å². The first-order chi connectivity index (χ1) is 10.2. The molecule has 2 rings (SSSR count). The molecule has 1 aromatic carbocycles. The number of aromatic nitrogens is 1. The average molecular weight is 302 g/mol. The number of amides is 1. The summed E-state index contributed by atoms with van der Waals surface area (Å²) in [5, 5.41) is 21.0. The maximum Gasteiger partial charge on any atom is 0.230 e. The van der Waals surface area contributed by atoms with Crippen LogP contribution in [0.15, 0.2) is 30.5 Å². The fourth-order valence-electron chi connectivity index (χ4n) is 1.56. The van der Waals surface area contributed by atoms with E-state index in [9.17, 15) is 9.90 Å². The van der Waals surface area contributed by atoms with Crippen LogP contribution in [0.25, 0.3) is 0 Å². The molecule has 1 amide bonds. The summed E-state index contributed by atoms with van der Waals surface area (Å²) in [4.78, 5) is 16.7. The van der Waals surface area contributed by atoms with Crippen LogP contribution in [-0.4, -0.2) is 27.7 Å². The number of thiazole rings is 1. The van der Waals surface area contributed by atoms with Crippen molar-refractivity contribution in [3.05, 3.63) is 40.9 Å². The molecule has 0 saturated carbocycles. The number of aliphatic hydroxyl groups is 1. The highest BCUT2D eigenvalue weighted by atomic mass is 32.1. The first kappa shape index (κ1) is 15.0. The van der Waals surface area contributed by atoms with Crippen molar-refractivity contribution in [2.75, 3.05) is 11.9 Å². The third-order valence-electron chi connectivity index (χ3n) is 2.50. The smallest absolute Gasteiger partial charge is 0.230 e. The molecule has 0 unspecified atom stereocenters. The summed E-state index contributed by atoms with van der Waals surface area (Å²) >= 11 is 1.29. The van der Waals surface area contributed by atoms with Gasteiger partial charge in [-0.2, -0.15) is 0 Å². The van der Waals surface area contributed by atoms with Crippen molar-refractivity contribution in [3.63, 3.8) is 0 Å². The summed E-state index contributed by atoms with van der Waals surface area (Å²) in [7, 11) is 0. The van der Waals surface area contributed by atoms with E-state index in [1.54, 1.807) is 30.5 Å². The number of phenols is 1. The van der Waals surface area contributed by atoms with Gasteiger partial charge in [-0.1, -0.05) is 35.3 Å². The Kier molecular flexibility index (Phi) is 5.32. The third kappa shape index (κ3) is 4.91. The lowest BCUT2D eigenvalue weighted by Gasteiger charge is -2.02. The van der Waals surface area contributed by atoms with Crippen molar-refractivity contribution in [3.8, 4) is 17.6 Å². The summed E-state index contributed by atoms with van der Waals surface area (Å²) in [5.41, 5.74) is 0.810. The van der Waals surface area contributed by atoms with Gasteiger partial charge in [0.15, 0.2) is 5.13 Å². The number of carbonyl (C=O) groups excluding carboxylic acids is 1. The molecule has 5 nitrogen and oxygen atoms in total. The molecule has 0 bridgehead atoms. The number of nitrogens with one attached hydrogen (secondary N) is 1. The number of benzene rings is 1. The van der Waals surface area contributed by atoms with E-state index in [1.807, 2.05) is 0 Å². The summed E-state index contributed by atoms with van der Waals surface area (Å²) in [6, 6.07) is 6.48. The molecular formula is C15H14N2O3S. The topological polar surface area (TPSA) is 82.5 Å². The molecule has 0 fully saturated rings. The lowest BCUT2D eigenvalue weighted by Crippen LogP contribution is -2.13. The van der Waals surface area contributed by atoms with Gasteiger partial charge in [0.2, 0.25) is 5.91 Å². The van der Waals surface area contributed by atoms with Crippen molar-refractivity contribution in [2.24, 2.45) is 0 Å². The van der Waals surface area contributed by atoms with Gasteiger partial charge in [0.05, 0.1) is 24.1 Å². The van der Waals surface area contributed by atoms with Gasteiger partial charge in [-0.15, -0.1) is 0 Å². The number of anilines is 1. The normalized spacial score (nSPS) is 9.76. The SMILES string of the molecule is O=C(Cc1ccc(O)cc1)Nc1ncc(C#CCCO)s1. The molecular weight excluding hydrogens is 288 g/mol. The first-order valence-electron chi connectivity index (χ1n) is 6.30. The largest absolute Gasteiger partial charge is 0.508 e. The van der Waals surface area contributed by atoms with Crippen molar-refractivity contribution >= 4 is 22.4 Å². The fraction of sp³-hybridized carbons (Fsp3) is 0.200. The molecule has 0 aliphatic rings. The minimum Gasteiger partial charge on any atom is -0.508 e. The Balaban J connectivity index is 1.91. The quantitative estimate of drug-likeness (QED) is 0.752. The van der Waals surface area contributed by atoms with E-state index < -0.39 is 0 Å². The predicted octanol–water partition coefficient (Wildman–Crippen LogP) is 1.76. The van der Waals surface area contributed by atoms with Crippen molar-refractivity contribution in [1.82, 2.24) is 4.98 Å². The molecule has 2 aromatic rings. The molecule has 6 heteroatoms. The van der Waals surface area contributed by atoms with Gasteiger partial charge >= 0.3 is 0 Å². The van der Waals surface area contributed by atoms with E-state index in [1.165, 1.54) is 11.3 Å². The van der Waals surface area contributed by atoms with E-state index in [4.69, 9.17) is 5.11 Å². The molecule has 3 N–H and O–H groups in total. The van der Waals surface area contributed by atoms with Crippen LogP contribution in [-0.2, 0) is 11.2 Å². The van der Waals surface area contributed by atoms with Crippen LogP contribution in [0.5, 0.6) is 5.75 Å². The second-order valence-corrected chi connectivity index (χ2v) is 5.23. The van der Waals surface area contributed by atoms with Gasteiger partial charge in [0, 0.05) is 6.42 Å². The Morgan fingerprint density at radius 1 is 1.33 bits per heavy atom. The highest BCUT2D eigenvalue weighted by Gasteiger charge is 2.07. The van der Waals surface area contributed by atoms with Crippen molar-refractivity contribution in [1.29, 1.82) is 0 Å². The zero-order valence-corrected chi connectivity index (χ0v) is 12.0. The molecule has 1 heterocycles. The first-order valence-corrected chi connectivity index (χ1v) is 7.12. The molecule has 0 aliphatic carbocycles. The number of hydrogen-bond acceptors (Lipinski definition) is 5. The number of hydrogen-bond donors (Lipinski definition) is 3. The maximum absolute atomic E-state index is 11.9. The summed E-state index contributed by atoms with van der Waals surface area (Å²) in [6.07, 6.45) is 2.22. The Hall–Kier alpha value is -2.36. The summed E-state index contributed by atoms with van der Waals surface area (Å²) in [5.74, 6) is 5.65. The minimum absolute atomic E-state index is 0.0298. The van der Waals surface area contributed by atoms with E-state index >= 15 is 0 Å². The van der Waals surface area contributed by atoms with Gasteiger partial charge < -0.3 is 15.5 Å². The number of aliphatic hydroxyl groups excluding tert-OH is 1. The van der Waals surface area contributed by atoms with Crippen molar-refractivity contribution < 1.29 is 15.0 Å². The fourth-order valence-corrected chi connectivity index (χ4v) is 2.27. The van der Waals surface area contributed by atoms with E-state index in [0.29, 0.717) is 11.6 Å². The zero-order chi connectivity index (χ0) is 15.1. The minimum atomic E-state index is -0.176. The molecule has 0 spiro atoms. The van der Waals surface area contributed by atoms with Crippen molar-refractivity contribution in [2.45, 2.75) is 12.8 Å². The summed E-state index contributed by atoms with van der Waals surface area (Å²) < 4.78 is 0. The molecule has 0 aliphatic heterocycles. The maximum atomic E-state index is 11.9. The standard InChI is InChI=1S/C15H14N2O3S/c18-8-2-1-3-13-10-16-15(21-13)17-14(20)9-11-4-6-12(19)7-5-11/h4-7,10,18-19H,2,8-9H2,(H,16,17,20). The number of nitrogens with zero attached hydrogens (tertiary/aromatic N) is 1. The van der Waals surface area contributed by atoms with E-state index in [0.717, 1.165) is 10.4 Å². The zero-order valence-electron chi connectivity index (χ0n) is 11.2. The third-order valence-corrected chi connectivity index (χ3v) is 3.33. The molecule has 108 valence electrons. The van der Waals surface area contributed by atoms with Gasteiger partial charge in [-0.3, -0.25) is 4.79 Å². The van der Waals surface area contributed by atoms with Crippen LogP contribution in [0.1, 0.15) is 16.9 Å². The van der Waals surface area contributed by atoms with Crippen LogP contribution < -0.4 is 5.32 Å². The number of rotatable bonds is 4. The molecule has 0 saturated heterocycles. The Bertz CT molecular complexity index is 668. The Morgan fingerprint density at radius 3 is 2.81 bits per heavy atom. The monoisotopic (exact) mass is 302 g/mol. The van der Waals surface area contributed by atoms with Crippen LogP contribution >= 0.6 is 11.3 Å². The number of aromatic hydroxyl groups is 1. The lowest BCUT2D eigenvalue weighted by molar-refractivity contribution is -0.115. The second kappa shape index (κ2) is 7.43. The van der Waals surface area contributed by atoms with Crippen LogP contribution in [0.3, 0.4) is 0 Å². The van der Waals surface area contributed by atoms with Gasteiger partial charge in [0.25, 0.3) is 0 Å². The number of phenolic OH excluding ortho intramolecular Hbond substituents is 1. The average Bonchev–Trinajstić information content (AvgIpc) is 2.89.